The van der Waals surface area contributed by atoms with Crippen molar-refractivity contribution in [3.8, 4) is 0 Å². The Kier molecular flexibility index (Phi) is 4.12. The number of nitrogens with two attached hydrogens (primary N) is 2. The molecule has 0 fully saturated rings. The second-order valence-electron chi connectivity index (χ2n) is 5.22. The highest BCUT2D eigenvalue weighted by Crippen LogP contribution is 2.25. The number of hydrogen-bond acceptors (Lipinski definition) is 7. The van der Waals surface area contributed by atoms with Crippen LogP contribution in [0, 0.1) is 10.1 Å². The van der Waals surface area contributed by atoms with E-state index in [0.717, 1.165) is 5.56 Å². The van der Waals surface area contributed by atoms with E-state index in [-0.39, 0.29) is 23.2 Å². The van der Waals surface area contributed by atoms with Gasteiger partial charge in [-0.1, -0.05) is 35.5 Å². The number of hydrogen-bond donors (Lipinski definition) is 2. The molecule has 1 aromatic carbocycles. The van der Waals surface area contributed by atoms with Gasteiger partial charge in [0.05, 0.1) is 6.54 Å². The molecular formula is C14H15N9O2. The van der Waals surface area contributed by atoms with Crippen molar-refractivity contribution in [2.24, 2.45) is 17.8 Å². The number of anilines is 1. The van der Waals surface area contributed by atoms with Crippen LogP contribution < -0.4 is 11.5 Å². The second kappa shape index (κ2) is 6.39. The van der Waals surface area contributed by atoms with Crippen molar-refractivity contribution >= 4 is 23.3 Å². The van der Waals surface area contributed by atoms with Crippen LogP contribution in [0.2, 0.25) is 0 Å². The summed E-state index contributed by atoms with van der Waals surface area (Å²) in [6.07, 6.45) is 1.28. The van der Waals surface area contributed by atoms with E-state index in [4.69, 9.17) is 11.5 Å². The predicted molar refractivity (Wildman–Crippen MR) is 90.2 cm³/mol. The highest BCUT2D eigenvalue weighted by atomic mass is 16.6. The molecule has 0 atom stereocenters. The Morgan fingerprint density at radius 1 is 1.36 bits per heavy atom. The molecule has 0 unspecified atom stereocenters. The number of aliphatic imine (C=N–C) groups is 1. The molecule has 2 heterocycles. The summed E-state index contributed by atoms with van der Waals surface area (Å²) < 4.78 is 2.86. The summed E-state index contributed by atoms with van der Waals surface area (Å²) in [5, 5.41) is 18.9. The van der Waals surface area contributed by atoms with E-state index in [1.165, 1.54) is 15.6 Å². The number of nitro groups is 1. The van der Waals surface area contributed by atoms with Gasteiger partial charge in [-0.15, -0.1) is 5.10 Å². The molecule has 11 heteroatoms. The molecule has 0 aliphatic heterocycles. The molecule has 0 radical (unpaired) electrons. The van der Waals surface area contributed by atoms with Gasteiger partial charge >= 0.3 is 5.82 Å². The first-order valence-corrected chi connectivity index (χ1v) is 7.20. The van der Waals surface area contributed by atoms with Crippen LogP contribution in [-0.4, -0.2) is 35.3 Å². The van der Waals surface area contributed by atoms with Crippen LogP contribution in [0.1, 0.15) is 11.3 Å². The maximum absolute atomic E-state index is 11.0. The van der Waals surface area contributed by atoms with Crippen LogP contribution in [0.4, 0.5) is 17.5 Å². The summed E-state index contributed by atoms with van der Waals surface area (Å²) in [7, 11) is 1.57. The number of aryl methyl sites for hydroxylation is 1. The Hall–Kier alpha value is -3.76. The van der Waals surface area contributed by atoms with Gasteiger partial charge in [0.1, 0.15) is 0 Å². The zero-order valence-electron chi connectivity index (χ0n) is 13.3. The SMILES string of the molecule is Cn1cnc([N+](=O)[O-])c1N=C(N)c1nnn(Cc2ccccc2)c1N. The third-order valence-corrected chi connectivity index (χ3v) is 3.48. The summed E-state index contributed by atoms with van der Waals surface area (Å²) in [5.74, 6) is -0.265. The van der Waals surface area contributed by atoms with Gasteiger partial charge in [-0.2, -0.15) is 0 Å². The monoisotopic (exact) mass is 341 g/mol. The lowest BCUT2D eigenvalue weighted by atomic mass is 10.2. The minimum atomic E-state index is -0.637. The van der Waals surface area contributed by atoms with Crippen LogP contribution >= 0.6 is 0 Å². The van der Waals surface area contributed by atoms with Crippen molar-refractivity contribution in [1.29, 1.82) is 0 Å². The molecule has 11 nitrogen and oxygen atoms in total. The van der Waals surface area contributed by atoms with E-state index >= 15 is 0 Å². The maximum Gasteiger partial charge on any atom is 0.408 e. The average Bonchev–Trinajstić information content (AvgIpc) is 3.13. The Bertz CT molecular complexity index is 943. The number of aromatic nitrogens is 5. The van der Waals surface area contributed by atoms with Crippen molar-refractivity contribution in [2.45, 2.75) is 6.54 Å². The molecule has 128 valence electrons. The van der Waals surface area contributed by atoms with Crippen molar-refractivity contribution in [1.82, 2.24) is 24.5 Å². The maximum atomic E-state index is 11.0. The van der Waals surface area contributed by atoms with E-state index in [0.29, 0.717) is 6.54 Å². The normalized spacial score (nSPS) is 11.6. The highest BCUT2D eigenvalue weighted by Gasteiger charge is 2.21. The Labute approximate surface area is 141 Å². The number of imidazole rings is 1. The van der Waals surface area contributed by atoms with E-state index in [9.17, 15) is 10.1 Å². The van der Waals surface area contributed by atoms with E-state index in [1.807, 2.05) is 30.3 Å². The first kappa shape index (κ1) is 16.1. The molecule has 3 rings (SSSR count). The topological polar surface area (TPSA) is 156 Å². The first-order chi connectivity index (χ1) is 12.0. The minimum Gasteiger partial charge on any atom is -0.382 e. The quantitative estimate of drug-likeness (QED) is 0.297. The molecule has 0 amide bonds. The largest absolute Gasteiger partial charge is 0.408 e. The van der Waals surface area contributed by atoms with Gasteiger partial charge in [0.25, 0.3) is 0 Å². The smallest absolute Gasteiger partial charge is 0.382 e. The Morgan fingerprint density at radius 2 is 2.08 bits per heavy atom. The molecule has 4 N–H and O–H groups in total. The van der Waals surface area contributed by atoms with Crippen LogP contribution in [-0.2, 0) is 13.6 Å². The Balaban J connectivity index is 1.92. The van der Waals surface area contributed by atoms with E-state index in [1.54, 1.807) is 7.05 Å². The molecule has 3 aromatic rings. The lowest BCUT2D eigenvalue weighted by molar-refractivity contribution is -0.388. The number of rotatable bonds is 5. The summed E-state index contributed by atoms with van der Waals surface area (Å²) in [4.78, 5) is 18.1. The van der Waals surface area contributed by atoms with Gasteiger partial charge in [-0.05, 0) is 15.5 Å². The van der Waals surface area contributed by atoms with Gasteiger partial charge in [-0.3, -0.25) is 4.57 Å². The fourth-order valence-corrected chi connectivity index (χ4v) is 2.21. The summed E-state index contributed by atoms with van der Waals surface area (Å²) in [5.41, 5.74) is 13.1. The summed E-state index contributed by atoms with van der Waals surface area (Å²) in [6.45, 7) is 0.415. The molecule has 25 heavy (non-hydrogen) atoms. The first-order valence-electron chi connectivity index (χ1n) is 7.20. The van der Waals surface area contributed by atoms with Crippen molar-refractivity contribution in [2.75, 3.05) is 5.73 Å². The van der Waals surface area contributed by atoms with E-state index < -0.39 is 10.7 Å². The lowest BCUT2D eigenvalue weighted by Crippen LogP contribution is -2.17. The average molecular weight is 341 g/mol. The van der Waals surface area contributed by atoms with E-state index in [2.05, 4.69) is 20.3 Å². The van der Waals surface area contributed by atoms with Crippen molar-refractivity contribution in [3.63, 3.8) is 0 Å². The van der Waals surface area contributed by atoms with Gasteiger partial charge in [-0.25, -0.2) is 9.67 Å². The van der Waals surface area contributed by atoms with Crippen LogP contribution in [0.15, 0.2) is 41.7 Å². The lowest BCUT2D eigenvalue weighted by Gasteiger charge is -2.03. The number of benzene rings is 1. The second-order valence-corrected chi connectivity index (χ2v) is 5.22. The molecule has 0 aliphatic carbocycles. The highest BCUT2D eigenvalue weighted by molar-refractivity contribution is 6.01. The third kappa shape index (κ3) is 3.15. The third-order valence-electron chi connectivity index (χ3n) is 3.48. The number of nitrogen functional groups attached to an aromatic ring is 1. The van der Waals surface area contributed by atoms with Crippen molar-refractivity contribution in [3.05, 3.63) is 58.0 Å². The summed E-state index contributed by atoms with van der Waals surface area (Å²) in [6, 6.07) is 9.57. The Morgan fingerprint density at radius 3 is 2.76 bits per heavy atom. The number of amidine groups is 1. The van der Waals surface area contributed by atoms with Crippen LogP contribution in [0.25, 0.3) is 0 Å². The van der Waals surface area contributed by atoms with Crippen molar-refractivity contribution < 1.29 is 4.92 Å². The molecule has 2 aromatic heterocycles. The molecule has 0 aliphatic rings. The number of nitrogens with zero attached hydrogens (tertiary/aromatic N) is 7. The fraction of sp³-hybridized carbons (Fsp3) is 0.143. The molecular weight excluding hydrogens is 326 g/mol. The molecule has 0 spiro atoms. The molecule has 0 bridgehead atoms. The predicted octanol–water partition coefficient (Wildman–Crippen LogP) is 0.587. The van der Waals surface area contributed by atoms with Gasteiger partial charge < -0.3 is 21.6 Å². The van der Waals surface area contributed by atoms with Gasteiger partial charge in [0, 0.05) is 7.05 Å². The summed E-state index contributed by atoms with van der Waals surface area (Å²) >= 11 is 0. The van der Waals surface area contributed by atoms with Gasteiger partial charge in [0.2, 0.25) is 12.1 Å². The standard InChI is InChI=1S/C14H15N9O2/c1-21-8-17-13(23(24)25)14(21)18-11(15)10-12(16)22(20-19-10)7-9-5-3-2-4-6-9/h2-6,8H,7,16H2,1H3,(H2,15,18). The van der Waals surface area contributed by atoms with Crippen LogP contribution in [0.3, 0.4) is 0 Å². The minimum absolute atomic E-state index is 0.000454. The van der Waals surface area contributed by atoms with Gasteiger partial charge in [0.15, 0.2) is 17.3 Å². The van der Waals surface area contributed by atoms with Crippen LogP contribution in [0.5, 0.6) is 0 Å². The molecule has 0 saturated carbocycles. The zero-order chi connectivity index (χ0) is 18.0. The fourth-order valence-electron chi connectivity index (χ4n) is 2.21. The molecule has 0 saturated heterocycles. The zero-order valence-corrected chi connectivity index (χ0v) is 13.3.